The number of nitrogens with zero attached hydrogens (tertiary/aromatic N) is 3. The average Bonchev–Trinajstić information content (AvgIpc) is 3.30. The topological polar surface area (TPSA) is 69.3 Å². The van der Waals surface area contributed by atoms with Gasteiger partial charge in [0, 0.05) is 43.0 Å². The summed E-state index contributed by atoms with van der Waals surface area (Å²) in [7, 11) is 1.70. The summed E-state index contributed by atoms with van der Waals surface area (Å²) in [6, 6.07) is 14.3. The van der Waals surface area contributed by atoms with Crippen molar-refractivity contribution in [3.8, 4) is 0 Å². The van der Waals surface area contributed by atoms with Gasteiger partial charge in [0.15, 0.2) is 17.3 Å². The summed E-state index contributed by atoms with van der Waals surface area (Å²) in [4.78, 5) is 28.5. The molecule has 160 valence electrons. The number of amides is 2. The number of H-pyrrole nitrogens is 1. The molecule has 0 spiro atoms. The standard InChI is InChI=1S/C23H22F2N4O2/c1-28(17-5-3-2-4-6-17)23(31)21-14-20(26-27-21)15-9-11-29(12-10-15)22(30)16-7-8-18(24)19(25)13-16/h2-8,13-15H,9-12H2,1H3,(H,26,27). The number of likely N-dealkylation sites (tertiary alicyclic amines) is 1. The van der Waals surface area contributed by atoms with Gasteiger partial charge in [-0.1, -0.05) is 18.2 Å². The van der Waals surface area contributed by atoms with Crippen LogP contribution in [0.25, 0.3) is 0 Å². The van der Waals surface area contributed by atoms with Crippen molar-refractivity contribution in [2.45, 2.75) is 18.8 Å². The zero-order valence-electron chi connectivity index (χ0n) is 17.0. The van der Waals surface area contributed by atoms with Gasteiger partial charge in [0.1, 0.15) is 0 Å². The van der Waals surface area contributed by atoms with Crippen molar-refractivity contribution in [3.63, 3.8) is 0 Å². The summed E-state index contributed by atoms with van der Waals surface area (Å²) < 4.78 is 26.5. The van der Waals surface area contributed by atoms with Crippen LogP contribution in [0.3, 0.4) is 0 Å². The first-order valence-electron chi connectivity index (χ1n) is 10.1. The number of rotatable bonds is 4. The Bertz CT molecular complexity index is 1090. The van der Waals surface area contributed by atoms with Crippen molar-refractivity contribution < 1.29 is 18.4 Å². The van der Waals surface area contributed by atoms with Crippen LogP contribution >= 0.6 is 0 Å². The SMILES string of the molecule is CN(C(=O)c1cc(C2CCN(C(=O)c3ccc(F)c(F)c3)CC2)[nH]n1)c1ccccc1. The number of anilines is 1. The molecule has 1 saturated heterocycles. The van der Waals surface area contributed by atoms with E-state index < -0.39 is 11.6 Å². The van der Waals surface area contributed by atoms with Crippen LogP contribution in [-0.2, 0) is 0 Å². The Morgan fingerprint density at radius 3 is 2.42 bits per heavy atom. The molecule has 1 fully saturated rings. The third-order valence-electron chi connectivity index (χ3n) is 5.65. The number of aromatic amines is 1. The van der Waals surface area contributed by atoms with Crippen molar-refractivity contribution in [1.29, 1.82) is 0 Å². The molecule has 2 aromatic carbocycles. The normalized spacial score (nSPS) is 14.5. The number of piperidine rings is 1. The van der Waals surface area contributed by atoms with Crippen LogP contribution in [0.5, 0.6) is 0 Å². The second-order valence-corrected chi connectivity index (χ2v) is 7.60. The average molecular weight is 424 g/mol. The van der Waals surface area contributed by atoms with E-state index in [1.165, 1.54) is 6.07 Å². The lowest BCUT2D eigenvalue weighted by atomic mass is 9.93. The van der Waals surface area contributed by atoms with E-state index in [0.717, 1.165) is 23.5 Å². The molecule has 8 heteroatoms. The van der Waals surface area contributed by atoms with Crippen molar-refractivity contribution in [2.75, 3.05) is 25.0 Å². The molecule has 0 atom stereocenters. The number of hydrogen-bond donors (Lipinski definition) is 1. The summed E-state index contributed by atoms with van der Waals surface area (Å²) in [6.45, 7) is 0.962. The molecule has 1 aliphatic rings. The molecule has 0 saturated carbocycles. The van der Waals surface area contributed by atoms with E-state index in [2.05, 4.69) is 10.2 Å². The van der Waals surface area contributed by atoms with Gasteiger partial charge in [0.2, 0.25) is 0 Å². The lowest BCUT2D eigenvalue weighted by Crippen LogP contribution is -2.38. The maximum absolute atomic E-state index is 13.4. The van der Waals surface area contributed by atoms with Crippen molar-refractivity contribution >= 4 is 17.5 Å². The first-order chi connectivity index (χ1) is 14.9. The second-order valence-electron chi connectivity index (χ2n) is 7.60. The highest BCUT2D eigenvalue weighted by molar-refractivity contribution is 6.04. The highest BCUT2D eigenvalue weighted by Gasteiger charge is 2.27. The zero-order valence-corrected chi connectivity index (χ0v) is 17.0. The molecule has 0 radical (unpaired) electrons. The van der Waals surface area contributed by atoms with Crippen LogP contribution in [0, 0.1) is 11.6 Å². The summed E-state index contributed by atoms with van der Waals surface area (Å²) in [5, 5.41) is 7.14. The third-order valence-corrected chi connectivity index (χ3v) is 5.65. The van der Waals surface area contributed by atoms with Crippen LogP contribution < -0.4 is 4.90 Å². The van der Waals surface area contributed by atoms with Gasteiger partial charge in [0.05, 0.1) is 0 Å². The molecule has 1 aromatic heterocycles. The maximum atomic E-state index is 13.4. The Hall–Kier alpha value is -3.55. The molecule has 2 heterocycles. The zero-order chi connectivity index (χ0) is 22.0. The molecule has 31 heavy (non-hydrogen) atoms. The molecule has 2 amide bonds. The number of para-hydroxylation sites is 1. The van der Waals surface area contributed by atoms with E-state index in [1.807, 2.05) is 30.3 Å². The fourth-order valence-electron chi connectivity index (χ4n) is 3.80. The molecule has 6 nitrogen and oxygen atoms in total. The van der Waals surface area contributed by atoms with E-state index in [-0.39, 0.29) is 23.3 Å². The van der Waals surface area contributed by atoms with Gasteiger partial charge in [-0.25, -0.2) is 8.78 Å². The fourth-order valence-corrected chi connectivity index (χ4v) is 3.80. The van der Waals surface area contributed by atoms with Crippen molar-refractivity contribution in [3.05, 3.63) is 83.2 Å². The number of carbonyl (C=O) groups excluding carboxylic acids is 2. The summed E-state index contributed by atoms with van der Waals surface area (Å²) in [5.74, 6) is -2.40. The van der Waals surface area contributed by atoms with Crippen molar-refractivity contribution in [1.82, 2.24) is 15.1 Å². The quantitative estimate of drug-likeness (QED) is 0.689. The maximum Gasteiger partial charge on any atom is 0.278 e. The largest absolute Gasteiger partial charge is 0.339 e. The molecule has 4 rings (SSSR count). The summed E-state index contributed by atoms with van der Waals surface area (Å²) in [5.41, 5.74) is 2.10. The molecule has 0 unspecified atom stereocenters. The Morgan fingerprint density at radius 2 is 1.74 bits per heavy atom. The molecule has 0 bridgehead atoms. The van der Waals surface area contributed by atoms with Gasteiger partial charge in [-0.2, -0.15) is 5.10 Å². The first-order valence-corrected chi connectivity index (χ1v) is 10.1. The lowest BCUT2D eigenvalue weighted by Gasteiger charge is -2.31. The van der Waals surface area contributed by atoms with E-state index >= 15 is 0 Å². The van der Waals surface area contributed by atoms with Gasteiger partial charge in [-0.15, -0.1) is 0 Å². The molecule has 3 aromatic rings. The summed E-state index contributed by atoms with van der Waals surface area (Å²) >= 11 is 0. The lowest BCUT2D eigenvalue weighted by molar-refractivity contribution is 0.0711. The number of aromatic nitrogens is 2. The highest BCUT2D eigenvalue weighted by atomic mass is 19.2. The van der Waals surface area contributed by atoms with Crippen LogP contribution in [0.1, 0.15) is 45.3 Å². The Morgan fingerprint density at radius 1 is 1.03 bits per heavy atom. The minimum absolute atomic E-state index is 0.130. The van der Waals surface area contributed by atoms with Crippen molar-refractivity contribution in [2.24, 2.45) is 0 Å². The minimum atomic E-state index is -1.03. The first kappa shape index (κ1) is 20.7. The van der Waals surface area contributed by atoms with E-state index in [0.29, 0.717) is 31.6 Å². The van der Waals surface area contributed by atoms with Crippen LogP contribution in [-0.4, -0.2) is 47.0 Å². The van der Waals surface area contributed by atoms with E-state index in [9.17, 15) is 18.4 Å². The van der Waals surface area contributed by atoms with Gasteiger partial charge >= 0.3 is 0 Å². The smallest absolute Gasteiger partial charge is 0.278 e. The number of halogens is 2. The van der Waals surface area contributed by atoms with Crippen LogP contribution in [0.15, 0.2) is 54.6 Å². The molecule has 0 aliphatic carbocycles. The van der Waals surface area contributed by atoms with Gasteiger partial charge in [-0.05, 0) is 49.2 Å². The monoisotopic (exact) mass is 424 g/mol. The second kappa shape index (κ2) is 8.67. The molecule has 1 aliphatic heterocycles. The molecule has 1 N–H and O–H groups in total. The van der Waals surface area contributed by atoms with Gasteiger partial charge < -0.3 is 9.80 Å². The Labute approximate surface area is 178 Å². The molecular formula is C23H22F2N4O2. The number of nitrogens with one attached hydrogen (secondary N) is 1. The van der Waals surface area contributed by atoms with E-state index in [1.54, 1.807) is 22.9 Å². The van der Waals surface area contributed by atoms with Gasteiger partial charge in [0.25, 0.3) is 11.8 Å². The van der Waals surface area contributed by atoms with Gasteiger partial charge in [-0.3, -0.25) is 14.7 Å². The number of benzene rings is 2. The highest BCUT2D eigenvalue weighted by Crippen LogP contribution is 2.28. The predicted octanol–water partition coefficient (Wildman–Crippen LogP) is 3.98. The third kappa shape index (κ3) is 4.33. The number of carbonyl (C=O) groups is 2. The van der Waals surface area contributed by atoms with E-state index in [4.69, 9.17) is 0 Å². The summed E-state index contributed by atoms with van der Waals surface area (Å²) in [6.07, 6.45) is 1.36. The van der Waals surface area contributed by atoms with Crippen LogP contribution in [0.4, 0.5) is 14.5 Å². The minimum Gasteiger partial charge on any atom is -0.339 e. The van der Waals surface area contributed by atoms with Crippen LogP contribution in [0.2, 0.25) is 0 Å². The Balaban J connectivity index is 1.38. The molecular weight excluding hydrogens is 402 g/mol. The fraction of sp³-hybridized carbons (Fsp3) is 0.261. The predicted molar refractivity (Wildman–Crippen MR) is 112 cm³/mol. The Kier molecular flexibility index (Phi) is 5.79. The number of hydrogen-bond acceptors (Lipinski definition) is 3.